The lowest BCUT2D eigenvalue weighted by Gasteiger charge is -2.11. The van der Waals surface area contributed by atoms with Crippen molar-refractivity contribution in [1.82, 2.24) is 20.4 Å². The van der Waals surface area contributed by atoms with E-state index in [2.05, 4.69) is 58.8 Å². The van der Waals surface area contributed by atoms with Crippen LogP contribution in [0.5, 0.6) is 0 Å². The fraction of sp³-hybridized carbons (Fsp3) is 0.474. The maximum atomic E-state index is 4.62. The van der Waals surface area contributed by atoms with Crippen LogP contribution in [0, 0.1) is 6.92 Å². The summed E-state index contributed by atoms with van der Waals surface area (Å²) < 4.78 is 1.94. The van der Waals surface area contributed by atoms with Crippen molar-refractivity contribution in [2.24, 2.45) is 4.99 Å². The minimum Gasteiger partial charge on any atom is -0.357 e. The van der Waals surface area contributed by atoms with Crippen LogP contribution < -0.4 is 10.6 Å². The van der Waals surface area contributed by atoms with Gasteiger partial charge in [0.2, 0.25) is 0 Å². The van der Waals surface area contributed by atoms with Gasteiger partial charge in [-0.3, -0.25) is 9.67 Å². The van der Waals surface area contributed by atoms with E-state index >= 15 is 0 Å². The van der Waals surface area contributed by atoms with Gasteiger partial charge in [0.15, 0.2) is 5.96 Å². The number of thioether (sulfide) groups is 1. The van der Waals surface area contributed by atoms with E-state index in [4.69, 9.17) is 0 Å². The van der Waals surface area contributed by atoms with Crippen LogP contribution in [0.1, 0.15) is 24.5 Å². The number of halogens is 1. The van der Waals surface area contributed by atoms with Crippen LogP contribution in [0.3, 0.4) is 0 Å². The molecule has 0 atom stereocenters. The summed E-state index contributed by atoms with van der Waals surface area (Å²) in [7, 11) is 0. The Hall–Kier alpha value is -1.22. The highest BCUT2D eigenvalue weighted by atomic mass is 127. The van der Waals surface area contributed by atoms with Crippen LogP contribution in [0.4, 0.5) is 0 Å². The number of nitrogens with zero attached hydrogens (tertiary/aromatic N) is 3. The Bertz CT molecular complexity index is 613. The maximum absolute atomic E-state index is 4.62. The van der Waals surface area contributed by atoms with Gasteiger partial charge in [0.25, 0.3) is 0 Å². The molecule has 2 aromatic rings. The first kappa shape index (κ1) is 22.8. The summed E-state index contributed by atoms with van der Waals surface area (Å²) >= 11 is 1.94. The van der Waals surface area contributed by atoms with Crippen molar-refractivity contribution in [3.63, 3.8) is 0 Å². The van der Waals surface area contributed by atoms with E-state index in [1.54, 1.807) is 0 Å². The van der Waals surface area contributed by atoms with Crippen LogP contribution in [-0.2, 0) is 12.3 Å². The third kappa shape index (κ3) is 9.47. The molecule has 1 heterocycles. The fourth-order valence-corrected chi connectivity index (χ4v) is 3.13. The molecule has 0 aliphatic carbocycles. The molecule has 26 heavy (non-hydrogen) atoms. The molecule has 0 saturated carbocycles. The second-order valence-electron chi connectivity index (χ2n) is 5.85. The van der Waals surface area contributed by atoms with E-state index in [1.807, 2.05) is 34.9 Å². The Labute approximate surface area is 178 Å². The van der Waals surface area contributed by atoms with Crippen LogP contribution in [0.15, 0.2) is 47.7 Å². The Balaban J connectivity index is 0.00000338. The highest BCUT2D eigenvalue weighted by molar-refractivity contribution is 14.0. The van der Waals surface area contributed by atoms with E-state index in [9.17, 15) is 0 Å². The third-order valence-electron chi connectivity index (χ3n) is 3.65. The predicted molar refractivity (Wildman–Crippen MR) is 124 cm³/mol. The monoisotopic (exact) mass is 487 g/mol. The summed E-state index contributed by atoms with van der Waals surface area (Å²) in [5.74, 6) is 3.02. The number of aliphatic imine (C=N–C) groups is 1. The molecule has 0 radical (unpaired) electrons. The molecule has 7 heteroatoms. The number of aryl methyl sites for hydroxylation is 2. The minimum atomic E-state index is 0. The van der Waals surface area contributed by atoms with Gasteiger partial charge in [-0.15, -0.1) is 24.0 Å². The highest BCUT2D eigenvalue weighted by Gasteiger charge is 1.98. The molecule has 0 spiro atoms. The first-order chi connectivity index (χ1) is 12.3. The van der Waals surface area contributed by atoms with Gasteiger partial charge in [-0.05, 0) is 31.9 Å². The van der Waals surface area contributed by atoms with Gasteiger partial charge in [-0.1, -0.05) is 29.8 Å². The van der Waals surface area contributed by atoms with Gasteiger partial charge >= 0.3 is 0 Å². The largest absolute Gasteiger partial charge is 0.357 e. The number of hydrogen-bond acceptors (Lipinski definition) is 3. The molecule has 2 N–H and O–H groups in total. The number of benzene rings is 1. The number of guanidine groups is 1. The Morgan fingerprint density at radius 1 is 1.23 bits per heavy atom. The van der Waals surface area contributed by atoms with Crippen molar-refractivity contribution in [1.29, 1.82) is 0 Å². The number of nitrogens with one attached hydrogen (secondary N) is 2. The molecule has 0 bridgehead atoms. The smallest absolute Gasteiger partial charge is 0.191 e. The van der Waals surface area contributed by atoms with Gasteiger partial charge < -0.3 is 10.6 Å². The summed E-state index contributed by atoms with van der Waals surface area (Å²) in [4.78, 5) is 4.62. The standard InChI is InChI=1S/C19H29N5S.HI/c1-3-20-19(21-10-4-13-24-14-5-11-23-24)22-12-15-25-16-18-8-6-17(2)7-9-18;/h5-9,11,14H,3-4,10,12-13,15-16H2,1-2H3,(H2,20,21,22);1H. The zero-order chi connectivity index (χ0) is 17.7. The number of hydrogen-bond donors (Lipinski definition) is 2. The average Bonchev–Trinajstić information content (AvgIpc) is 3.13. The van der Waals surface area contributed by atoms with E-state index in [-0.39, 0.29) is 24.0 Å². The van der Waals surface area contributed by atoms with Crippen molar-refractivity contribution in [3.8, 4) is 0 Å². The van der Waals surface area contributed by atoms with Crippen molar-refractivity contribution in [2.75, 3.05) is 25.4 Å². The molecular formula is C19H30IN5S. The van der Waals surface area contributed by atoms with Crippen molar-refractivity contribution in [3.05, 3.63) is 53.9 Å². The van der Waals surface area contributed by atoms with Crippen molar-refractivity contribution in [2.45, 2.75) is 32.6 Å². The lowest BCUT2D eigenvalue weighted by atomic mass is 10.2. The average molecular weight is 487 g/mol. The van der Waals surface area contributed by atoms with E-state index in [0.717, 1.165) is 50.1 Å². The van der Waals surface area contributed by atoms with Gasteiger partial charge in [-0.25, -0.2) is 0 Å². The summed E-state index contributed by atoms with van der Waals surface area (Å²) in [6.07, 6.45) is 4.78. The summed E-state index contributed by atoms with van der Waals surface area (Å²) in [5.41, 5.74) is 2.70. The first-order valence-corrected chi connectivity index (χ1v) is 10.1. The Morgan fingerprint density at radius 3 is 2.73 bits per heavy atom. The second-order valence-corrected chi connectivity index (χ2v) is 6.95. The maximum Gasteiger partial charge on any atom is 0.191 e. The molecule has 5 nitrogen and oxygen atoms in total. The molecule has 0 aliphatic heterocycles. The molecule has 0 fully saturated rings. The molecule has 2 rings (SSSR count). The van der Waals surface area contributed by atoms with E-state index < -0.39 is 0 Å². The molecular weight excluding hydrogens is 457 g/mol. The number of aromatic nitrogens is 2. The van der Waals surface area contributed by atoms with E-state index in [1.165, 1.54) is 11.1 Å². The van der Waals surface area contributed by atoms with Gasteiger partial charge in [0.05, 0.1) is 0 Å². The third-order valence-corrected chi connectivity index (χ3v) is 4.68. The van der Waals surface area contributed by atoms with Crippen LogP contribution in [0.2, 0.25) is 0 Å². The van der Waals surface area contributed by atoms with Gasteiger partial charge in [0.1, 0.15) is 0 Å². The molecule has 1 aromatic carbocycles. The molecule has 0 amide bonds. The lowest BCUT2D eigenvalue weighted by Crippen LogP contribution is -2.38. The van der Waals surface area contributed by atoms with Crippen molar-refractivity contribution >= 4 is 41.7 Å². The minimum absolute atomic E-state index is 0. The fourth-order valence-electron chi connectivity index (χ4n) is 2.31. The van der Waals surface area contributed by atoms with E-state index in [0.29, 0.717) is 0 Å². The second kappa shape index (κ2) is 13.9. The summed E-state index contributed by atoms with van der Waals surface area (Å²) in [6, 6.07) is 10.7. The predicted octanol–water partition coefficient (Wildman–Crippen LogP) is 3.69. The molecule has 0 aliphatic rings. The molecule has 1 aromatic heterocycles. The molecule has 144 valence electrons. The van der Waals surface area contributed by atoms with Gasteiger partial charge in [-0.2, -0.15) is 16.9 Å². The zero-order valence-corrected chi connectivity index (χ0v) is 18.8. The first-order valence-electron chi connectivity index (χ1n) is 8.91. The highest BCUT2D eigenvalue weighted by Crippen LogP contribution is 2.12. The lowest BCUT2D eigenvalue weighted by molar-refractivity contribution is 0.584. The van der Waals surface area contributed by atoms with Crippen LogP contribution in [0.25, 0.3) is 0 Å². The Kier molecular flexibility index (Phi) is 12.2. The van der Waals surface area contributed by atoms with Crippen LogP contribution >= 0.6 is 35.7 Å². The molecule has 0 unspecified atom stereocenters. The van der Waals surface area contributed by atoms with Crippen molar-refractivity contribution < 1.29 is 0 Å². The molecule has 0 saturated heterocycles. The normalized spacial score (nSPS) is 11.1. The zero-order valence-electron chi connectivity index (χ0n) is 15.6. The number of rotatable bonds is 10. The van der Waals surface area contributed by atoms with Crippen LogP contribution in [-0.4, -0.2) is 41.1 Å². The Morgan fingerprint density at radius 2 is 2.04 bits per heavy atom. The summed E-state index contributed by atoms with van der Waals surface area (Å²) in [5, 5.41) is 10.9. The topological polar surface area (TPSA) is 54.2 Å². The SMILES string of the molecule is CCNC(=NCCCn1cccn1)NCCSCc1ccc(C)cc1.I. The summed E-state index contributed by atoms with van der Waals surface area (Å²) in [6.45, 7) is 7.71. The van der Waals surface area contributed by atoms with Gasteiger partial charge in [0, 0.05) is 50.1 Å². The quantitative estimate of drug-likeness (QED) is 0.232.